The van der Waals surface area contributed by atoms with Gasteiger partial charge >= 0.3 is 0 Å². The summed E-state index contributed by atoms with van der Waals surface area (Å²) in [6.45, 7) is 3.00. The number of hydrogen-bond acceptors (Lipinski definition) is 3. The normalized spacial score (nSPS) is 27.6. The standard InChI is InChI=1S/C11H16N2O/c1-8-5-9(7-12-6-8)11-10(14)3-2-4-13-11/h5-7,10-11,13-14H,2-4H2,1H3. The fraction of sp³-hybridized carbons (Fsp3) is 0.545. The minimum Gasteiger partial charge on any atom is -0.391 e. The van der Waals surface area contributed by atoms with E-state index in [1.165, 1.54) is 0 Å². The lowest BCUT2D eigenvalue weighted by Gasteiger charge is -2.29. The first kappa shape index (κ1) is 9.62. The molecule has 1 aromatic rings. The number of aromatic nitrogens is 1. The topological polar surface area (TPSA) is 45.2 Å². The van der Waals surface area contributed by atoms with Gasteiger partial charge in [-0.25, -0.2) is 0 Å². The molecule has 2 rings (SSSR count). The summed E-state index contributed by atoms with van der Waals surface area (Å²) >= 11 is 0. The van der Waals surface area contributed by atoms with Gasteiger partial charge in [0.25, 0.3) is 0 Å². The average Bonchev–Trinajstić information content (AvgIpc) is 2.18. The molecule has 0 aliphatic carbocycles. The van der Waals surface area contributed by atoms with Crippen LogP contribution in [-0.2, 0) is 0 Å². The van der Waals surface area contributed by atoms with Crippen LogP contribution in [0.25, 0.3) is 0 Å². The van der Waals surface area contributed by atoms with Gasteiger partial charge in [0.1, 0.15) is 0 Å². The molecule has 1 aliphatic heterocycles. The molecule has 2 heterocycles. The summed E-state index contributed by atoms with van der Waals surface area (Å²) in [4.78, 5) is 4.14. The number of rotatable bonds is 1. The highest BCUT2D eigenvalue weighted by atomic mass is 16.3. The van der Waals surface area contributed by atoms with Crippen LogP contribution in [0.4, 0.5) is 0 Å². The molecule has 0 aromatic carbocycles. The highest BCUT2D eigenvalue weighted by molar-refractivity contribution is 5.21. The molecule has 1 saturated heterocycles. The van der Waals surface area contributed by atoms with E-state index in [0.29, 0.717) is 0 Å². The summed E-state index contributed by atoms with van der Waals surface area (Å²) in [6.07, 6.45) is 5.33. The zero-order chi connectivity index (χ0) is 9.97. The first-order chi connectivity index (χ1) is 6.77. The molecule has 0 bridgehead atoms. The molecule has 0 radical (unpaired) electrons. The fourth-order valence-corrected chi connectivity index (χ4v) is 1.96. The Morgan fingerprint density at radius 3 is 3.07 bits per heavy atom. The highest BCUT2D eigenvalue weighted by Gasteiger charge is 2.23. The number of nitrogens with one attached hydrogen (secondary N) is 1. The van der Waals surface area contributed by atoms with Crippen molar-refractivity contribution in [1.29, 1.82) is 0 Å². The highest BCUT2D eigenvalue weighted by Crippen LogP contribution is 2.23. The summed E-state index contributed by atoms with van der Waals surface area (Å²) < 4.78 is 0. The van der Waals surface area contributed by atoms with E-state index in [-0.39, 0.29) is 12.1 Å². The minimum atomic E-state index is -0.271. The Kier molecular flexibility index (Phi) is 2.79. The van der Waals surface area contributed by atoms with E-state index in [0.717, 1.165) is 30.5 Å². The van der Waals surface area contributed by atoms with E-state index in [4.69, 9.17) is 0 Å². The molecule has 0 saturated carbocycles. The van der Waals surface area contributed by atoms with Crippen LogP contribution in [-0.4, -0.2) is 22.7 Å². The molecule has 3 heteroatoms. The van der Waals surface area contributed by atoms with E-state index in [9.17, 15) is 5.11 Å². The van der Waals surface area contributed by atoms with Gasteiger partial charge in [0.2, 0.25) is 0 Å². The first-order valence-electron chi connectivity index (χ1n) is 5.10. The Morgan fingerprint density at radius 2 is 2.36 bits per heavy atom. The van der Waals surface area contributed by atoms with Crippen LogP contribution in [0, 0.1) is 6.92 Å². The molecular weight excluding hydrogens is 176 g/mol. The van der Waals surface area contributed by atoms with Gasteiger partial charge in [-0.2, -0.15) is 0 Å². The minimum absolute atomic E-state index is 0.0659. The van der Waals surface area contributed by atoms with E-state index < -0.39 is 0 Å². The van der Waals surface area contributed by atoms with Crippen LogP contribution in [0.15, 0.2) is 18.5 Å². The predicted molar refractivity (Wildman–Crippen MR) is 55.0 cm³/mol. The van der Waals surface area contributed by atoms with Crippen molar-refractivity contribution >= 4 is 0 Å². The summed E-state index contributed by atoms with van der Waals surface area (Å²) in [7, 11) is 0. The van der Waals surface area contributed by atoms with Gasteiger partial charge in [-0.3, -0.25) is 4.98 Å². The lowest BCUT2D eigenvalue weighted by atomic mass is 9.95. The van der Waals surface area contributed by atoms with Crippen molar-refractivity contribution < 1.29 is 5.11 Å². The van der Waals surface area contributed by atoms with Crippen molar-refractivity contribution in [3.05, 3.63) is 29.6 Å². The summed E-state index contributed by atoms with van der Waals surface area (Å²) in [5, 5.41) is 13.1. The van der Waals surface area contributed by atoms with Gasteiger partial charge in [-0.15, -0.1) is 0 Å². The number of piperidine rings is 1. The summed E-state index contributed by atoms with van der Waals surface area (Å²) in [5.74, 6) is 0. The zero-order valence-corrected chi connectivity index (χ0v) is 8.40. The number of hydrogen-bond donors (Lipinski definition) is 2. The molecule has 1 aliphatic rings. The molecular formula is C11H16N2O. The molecule has 3 nitrogen and oxygen atoms in total. The largest absolute Gasteiger partial charge is 0.391 e. The monoisotopic (exact) mass is 192 g/mol. The summed E-state index contributed by atoms with van der Waals surface area (Å²) in [5.41, 5.74) is 2.24. The predicted octanol–water partition coefficient (Wildman–Crippen LogP) is 1.18. The Labute approximate surface area is 84.2 Å². The molecule has 76 valence electrons. The van der Waals surface area contributed by atoms with Gasteiger partial charge in [0.15, 0.2) is 0 Å². The number of aliphatic hydroxyl groups excluding tert-OH is 1. The first-order valence-corrected chi connectivity index (χ1v) is 5.10. The van der Waals surface area contributed by atoms with Crippen molar-refractivity contribution in [2.24, 2.45) is 0 Å². The van der Waals surface area contributed by atoms with Crippen molar-refractivity contribution in [3.63, 3.8) is 0 Å². The van der Waals surface area contributed by atoms with Crippen LogP contribution in [0.5, 0.6) is 0 Å². The second kappa shape index (κ2) is 4.07. The third-order valence-electron chi connectivity index (χ3n) is 2.68. The molecule has 14 heavy (non-hydrogen) atoms. The second-order valence-electron chi connectivity index (χ2n) is 3.94. The zero-order valence-electron chi connectivity index (χ0n) is 8.40. The fourth-order valence-electron chi connectivity index (χ4n) is 1.96. The van der Waals surface area contributed by atoms with Crippen LogP contribution in [0.1, 0.15) is 30.0 Å². The molecule has 1 fully saturated rings. The van der Waals surface area contributed by atoms with Gasteiger partial charge in [0, 0.05) is 12.4 Å². The number of aliphatic hydroxyl groups is 1. The quantitative estimate of drug-likeness (QED) is 0.702. The average molecular weight is 192 g/mol. The van der Waals surface area contributed by atoms with Crippen LogP contribution in [0.3, 0.4) is 0 Å². The van der Waals surface area contributed by atoms with Gasteiger partial charge in [0.05, 0.1) is 12.1 Å². The maximum absolute atomic E-state index is 9.82. The van der Waals surface area contributed by atoms with E-state index >= 15 is 0 Å². The Hall–Kier alpha value is -0.930. The van der Waals surface area contributed by atoms with Crippen molar-refractivity contribution in [1.82, 2.24) is 10.3 Å². The second-order valence-corrected chi connectivity index (χ2v) is 3.94. The number of aryl methyl sites for hydroxylation is 1. The maximum Gasteiger partial charge on any atom is 0.0735 e. The lowest BCUT2D eigenvalue weighted by molar-refractivity contribution is 0.0964. The van der Waals surface area contributed by atoms with Crippen molar-refractivity contribution in [2.75, 3.05) is 6.54 Å². The third-order valence-corrected chi connectivity index (χ3v) is 2.68. The molecule has 0 amide bonds. The number of nitrogens with zero attached hydrogens (tertiary/aromatic N) is 1. The van der Waals surface area contributed by atoms with E-state index in [1.54, 1.807) is 0 Å². The molecule has 0 spiro atoms. The van der Waals surface area contributed by atoms with E-state index in [2.05, 4.69) is 16.4 Å². The Balaban J connectivity index is 2.20. The van der Waals surface area contributed by atoms with Gasteiger partial charge in [-0.1, -0.05) is 6.07 Å². The van der Waals surface area contributed by atoms with Gasteiger partial charge < -0.3 is 10.4 Å². The van der Waals surface area contributed by atoms with Crippen LogP contribution in [0.2, 0.25) is 0 Å². The van der Waals surface area contributed by atoms with Crippen LogP contribution < -0.4 is 5.32 Å². The maximum atomic E-state index is 9.82. The number of pyridine rings is 1. The van der Waals surface area contributed by atoms with Crippen LogP contribution >= 0.6 is 0 Å². The van der Waals surface area contributed by atoms with E-state index in [1.807, 2.05) is 19.3 Å². The molecule has 2 atom stereocenters. The van der Waals surface area contributed by atoms with Crippen molar-refractivity contribution in [2.45, 2.75) is 31.9 Å². The molecule has 2 N–H and O–H groups in total. The third kappa shape index (κ3) is 1.94. The smallest absolute Gasteiger partial charge is 0.0735 e. The van der Waals surface area contributed by atoms with Gasteiger partial charge in [-0.05, 0) is 37.4 Å². The molecule has 2 unspecified atom stereocenters. The Bertz CT molecular complexity index is 314. The lowest BCUT2D eigenvalue weighted by Crippen LogP contribution is -2.37. The molecule has 1 aromatic heterocycles. The van der Waals surface area contributed by atoms with Crippen molar-refractivity contribution in [3.8, 4) is 0 Å². The SMILES string of the molecule is Cc1cncc(C2NCCCC2O)c1. The summed E-state index contributed by atoms with van der Waals surface area (Å²) in [6, 6.07) is 2.15. The Morgan fingerprint density at radius 1 is 1.50 bits per heavy atom.